The van der Waals surface area contributed by atoms with Crippen LogP contribution in [0.2, 0.25) is 0 Å². The number of hydrogen-bond donors (Lipinski definition) is 1. The fourth-order valence-corrected chi connectivity index (χ4v) is 7.04. The van der Waals surface area contributed by atoms with Crippen molar-refractivity contribution in [3.05, 3.63) is 64.6 Å². The molecule has 4 fully saturated rings. The van der Waals surface area contributed by atoms with Crippen LogP contribution in [0.15, 0.2) is 57.5 Å². The van der Waals surface area contributed by atoms with Crippen LogP contribution in [0.4, 0.5) is 10.1 Å². The molecule has 0 radical (unpaired) electrons. The Balaban J connectivity index is 1.20. The van der Waals surface area contributed by atoms with Crippen LogP contribution in [0, 0.1) is 17.2 Å². The Hall–Kier alpha value is -2.58. The van der Waals surface area contributed by atoms with Gasteiger partial charge in [-0.3, -0.25) is 4.79 Å². The van der Waals surface area contributed by atoms with Gasteiger partial charge in [-0.1, -0.05) is 27.2 Å². The third-order valence-electron chi connectivity index (χ3n) is 8.99. The number of carbonyl (C=O) groups excluding carboxylic acids is 1. The predicted octanol–water partition coefficient (Wildman–Crippen LogP) is 6.42. The molecule has 3 aromatic rings. The van der Waals surface area contributed by atoms with Crippen molar-refractivity contribution in [3.8, 4) is 11.5 Å². The van der Waals surface area contributed by atoms with E-state index in [1.807, 2.05) is 29.2 Å². The molecule has 0 aliphatic heterocycles. The molecule has 37 heavy (non-hydrogen) atoms. The average Bonchev–Trinajstić information content (AvgIpc) is 3.38. The van der Waals surface area contributed by atoms with Gasteiger partial charge in [0.1, 0.15) is 5.82 Å². The van der Waals surface area contributed by atoms with Gasteiger partial charge in [-0.25, -0.2) is 4.39 Å². The van der Waals surface area contributed by atoms with Crippen LogP contribution in [0.1, 0.15) is 64.1 Å². The number of aliphatic hydroxyl groups is 1. The van der Waals surface area contributed by atoms with E-state index in [1.165, 1.54) is 12.1 Å². The van der Waals surface area contributed by atoms with Gasteiger partial charge >= 0.3 is 0 Å². The van der Waals surface area contributed by atoms with Gasteiger partial charge in [-0.2, -0.15) is 4.98 Å². The Bertz CT molecular complexity index is 1290. The smallest absolute Gasteiger partial charge is 0.257 e. The maximum absolute atomic E-state index is 13.7. The molecule has 2 aromatic carbocycles. The monoisotopic (exact) mass is 567 g/mol. The summed E-state index contributed by atoms with van der Waals surface area (Å²) in [6, 6.07) is 14.1. The second-order valence-corrected chi connectivity index (χ2v) is 12.6. The Morgan fingerprint density at radius 3 is 2.41 bits per heavy atom. The minimum Gasteiger partial charge on any atom is -0.390 e. The van der Waals surface area contributed by atoms with Gasteiger partial charge in [0, 0.05) is 33.6 Å². The average molecular weight is 568 g/mol. The van der Waals surface area contributed by atoms with Gasteiger partial charge < -0.3 is 14.5 Å². The van der Waals surface area contributed by atoms with Crippen LogP contribution in [0.25, 0.3) is 11.5 Å². The minimum atomic E-state index is -0.742. The van der Waals surface area contributed by atoms with E-state index in [9.17, 15) is 14.3 Å². The van der Waals surface area contributed by atoms with Crippen molar-refractivity contribution < 1.29 is 18.8 Å². The largest absolute Gasteiger partial charge is 0.390 e. The van der Waals surface area contributed by atoms with E-state index < -0.39 is 5.60 Å². The molecule has 8 heteroatoms. The first-order chi connectivity index (χ1) is 17.7. The molecule has 0 unspecified atom stereocenters. The van der Waals surface area contributed by atoms with E-state index in [0.717, 1.165) is 60.1 Å². The molecule has 0 saturated heterocycles. The molecule has 1 aromatic heterocycles. The molecule has 2 bridgehead atoms. The summed E-state index contributed by atoms with van der Waals surface area (Å²) >= 11 is 3.57. The first kappa shape index (κ1) is 24.7. The number of anilines is 1. The molecule has 4 aliphatic rings. The van der Waals surface area contributed by atoms with Gasteiger partial charge in [0.15, 0.2) is 5.82 Å². The van der Waals surface area contributed by atoms with Crippen LogP contribution in [-0.4, -0.2) is 33.3 Å². The lowest BCUT2D eigenvalue weighted by atomic mass is 9.53. The van der Waals surface area contributed by atoms with Crippen molar-refractivity contribution >= 4 is 27.5 Å². The minimum absolute atomic E-state index is 0.0511. The molecule has 1 N–H and O–H groups in total. The lowest BCUT2D eigenvalue weighted by Gasteiger charge is -2.54. The highest BCUT2D eigenvalue weighted by atomic mass is 79.9. The number of benzene rings is 2. The lowest BCUT2D eigenvalue weighted by Crippen LogP contribution is -2.54. The third kappa shape index (κ3) is 4.63. The summed E-state index contributed by atoms with van der Waals surface area (Å²) in [4.78, 5) is 20.4. The number of nitrogens with zero attached hydrogens (tertiary/aromatic N) is 3. The van der Waals surface area contributed by atoms with Gasteiger partial charge in [0.05, 0.1) is 5.60 Å². The van der Waals surface area contributed by atoms with Crippen molar-refractivity contribution in [2.45, 2.75) is 69.3 Å². The van der Waals surface area contributed by atoms with Crippen molar-refractivity contribution in [3.63, 3.8) is 0 Å². The molecule has 4 aliphatic carbocycles. The molecular weight excluding hydrogens is 537 g/mol. The number of fused-ring (bicyclic) bond motifs is 3. The normalized spacial score (nSPS) is 30.6. The van der Waals surface area contributed by atoms with E-state index >= 15 is 0 Å². The maximum Gasteiger partial charge on any atom is 0.257 e. The van der Waals surface area contributed by atoms with Gasteiger partial charge in [-0.05, 0) is 106 Å². The first-order valence-corrected chi connectivity index (χ1v) is 13.8. The highest BCUT2D eigenvalue weighted by Gasteiger charge is 2.53. The lowest BCUT2D eigenvalue weighted by molar-refractivity contribution is -0.137. The summed E-state index contributed by atoms with van der Waals surface area (Å²) in [6.07, 6.45) is 6.87. The quantitative estimate of drug-likeness (QED) is 0.371. The number of amides is 1. The summed E-state index contributed by atoms with van der Waals surface area (Å²) in [5.74, 6) is 0.854. The number of aromatic nitrogens is 2. The standard InChI is InChI=1S/C29H31BrFN3O3/c1-27(36)16-20(17-27)25(35)34(23-4-2-3-21(30)15-23)18-28-9-12-29(13-10-28,14-11-28)26-32-24(37-33-26)19-5-7-22(31)8-6-19/h2-8,15,20,36H,9-14,16-18H2,1H3. The zero-order valence-corrected chi connectivity index (χ0v) is 22.5. The SMILES string of the molecule is CC1(O)CC(C(=O)N(CC23CCC(c4noc(-c5ccc(F)cc5)n4)(CC2)CC3)c2cccc(Br)c2)C1. The second kappa shape index (κ2) is 9.02. The molecule has 1 amide bonds. The van der Waals surface area contributed by atoms with Crippen LogP contribution < -0.4 is 4.90 Å². The number of carbonyl (C=O) groups is 1. The Kier molecular flexibility index (Phi) is 6.03. The Morgan fingerprint density at radius 2 is 1.78 bits per heavy atom. The van der Waals surface area contributed by atoms with Gasteiger partial charge in [0.2, 0.25) is 5.91 Å². The number of rotatable bonds is 6. The zero-order valence-electron chi connectivity index (χ0n) is 20.9. The summed E-state index contributed by atoms with van der Waals surface area (Å²) in [5, 5.41) is 14.6. The molecule has 1 heterocycles. The summed E-state index contributed by atoms with van der Waals surface area (Å²) in [7, 11) is 0. The third-order valence-corrected chi connectivity index (χ3v) is 9.49. The summed E-state index contributed by atoms with van der Waals surface area (Å²) in [5.41, 5.74) is 0.824. The molecule has 4 saturated carbocycles. The van der Waals surface area contributed by atoms with E-state index in [1.54, 1.807) is 19.1 Å². The van der Waals surface area contributed by atoms with Crippen LogP contribution in [0.5, 0.6) is 0 Å². The topological polar surface area (TPSA) is 79.5 Å². The van der Waals surface area contributed by atoms with Crippen LogP contribution >= 0.6 is 15.9 Å². The molecule has 6 nitrogen and oxygen atoms in total. The predicted molar refractivity (Wildman–Crippen MR) is 141 cm³/mol. The fraction of sp³-hybridized carbons (Fsp3) is 0.483. The van der Waals surface area contributed by atoms with Crippen molar-refractivity contribution in [2.75, 3.05) is 11.4 Å². The number of halogens is 2. The van der Waals surface area contributed by atoms with E-state index in [-0.39, 0.29) is 28.5 Å². The summed E-state index contributed by atoms with van der Waals surface area (Å²) < 4.78 is 19.8. The fourth-order valence-electron chi connectivity index (χ4n) is 6.66. The van der Waals surface area contributed by atoms with Crippen LogP contribution in [0.3, 0.4) is 0 Å². The summed E-state index contributed by atoms with van der Waals surface area (Å²) in [6.45, 7) is 2.49. The van der Waals surface area contributed by atoms with Crippen molar-refractivity contribution in [1.29, 1.82) is 0 Å². The van der Waals surface area contributed by atoms with E-state index in [0.29, 0.717) is 25.3 Å². The highest BCUT2D eigenvalue weighted by molar-refractivity contribution is 9.10. The van der Waals surface area contributed by atoms with Gasteiger partial charge in [-0.15, -0.1) is 0 Å². The second-order valence-electron chi connectivity index (χ2n) is 11.7. The van der Waals surface area contributed by atoms with Gasteiger partial charge in [0.25, 0.3) is 5.89 Å². The zero-order chi connectivity index (χ0) is 25.8. The molecule has 194 valence electrons. The van der Waals surface area contributed by atoms with E-state index in [4.69, 9.17) is 9.51 Å². The van der Waals surface area contributed by atoms with Crippen LogP contribution in [-0.2, 0) is 10.2 Å². The van der Waals surface area contributed by atoms with Crippen molar-refractivity contribution in [1.82, 2.24) is 10.1 Å². The van der Waals surface area contributed by atoms with E-state index in [2.05, 4.69) is 21.1 Å². The maximum atomic E-state index is 13.7. The molecular formula is C29H31BrFN3O3. The molecule has 7 rings (SSSR count). The highest BCUT2D eigenvalue weighted by Crippen LogP contribution is 2.58. The number of hydrogen-bond acceptors (Lipinski definition) is 5. The van der Waals surface area contributed by atoms with Crippen molar-refractivity contribution in [2.24, 2.45) is 11.3 Å². The Morgan fingerprint density at radius 1 is 1.11 bits per heavy atom. The Labute approximate surface area is 224 Å². The molecule has 0 atom stereocenters. The molecule has 0 spiro atoms. The first-order valence-electron chi connectivity index (χ1n) is 13.1.